The zero-order chi connectivity index (χ0) is 14.0. The molecule has 104 valence electrons. The maximum Gasteiger partial charge on any atom is 0.314 e. The minimum atomic E-state index is -0.369. The van der Waals surface area contributed by atoms with Crippen LogP contribution in [0.5, 0.6) is 0 Å². The smallest absolute Gasteiger partial charge is 0.314 e. The third-order valence-electron chi connectivity index (χ3n) is 3.18. The van der Waals surface area contributed by atoms with Crippen LogP contribution in [0.25, 0.3) is 0 Å². The second-order valence-corrected chi connectivity index (χ2v) is 5.71. The first-order valence-electron chi connectivity index (χ1n) is 5.93. The lowest BCUT2D eigenvalue weighted by Gasteiger charge is -2.32. The van der Waals surface area contributed by atoms with E-state index in [9.17, 15) is 4.79 Å². The molecule has 0 spiro atoms. The highest BCUT2D eigenvalue weighted by Crippen LogP contribution is 2.33. The highest BCUT2D eigenvalue weighted by molar-refractivity contribution is 6.44. The van der Waals surface area contributed by atoms with Gasteiger partial charge in [-0.05, 0) is 25.0 Å². The fourth-order valence-electron chi connectivity index (χ4n) is 2.10. The minimum Gasteiger partial charge on any atom is -0.381 e. The average Bonchev–Trinajstić information content (AvgIpc) is 2.36. The monoisotopic (exact) mass is 321 g/mol. The van der Waals surface area contributed by atoms with Gasteiger partial charge < -0.3 is 16.0 Å². The SMILES string of the molecule is NC(=O)N1CCC(Nc2cc(Cl)c(Cl)cc2Cl)CC1. The molecule has 0 aliphatic carbocycles. The van der Waals surface area contributed by atoms with Gasteiger partial charge in [-0.25, -0.2) is 4.79 Å². The standard InChI is InChI=1S/C12H14Cl3N3O/c13-8-5-10(15)11(6-9(8)14)17-7-1-3-18(4-2-7)12(16)19/h5-7,17H,1-4H2,(H2,16,19). The molecule has 1 aliphatic heterocycles. The summed E-state index contributed by atoms with van der Waals surface area (Å²) in [6.45, 7) is 1.29. The molecule has 1 heterocycles. The van der Waals surface area contributed by atoms with E-state index in [-0.39, 0.29) is 12.1 Å². The molecule has 4 nitrogen and oxygen atoms in total. The van der Waals surface area contributed by atoms with Crippen LogP contribution in [0, 0.1) is 0 Å². The van der Waals surface area contributed by atoms with E-state index in [1.807, 2.05) is 0 Å². The van der Waals surface area contributed by atoms with Crippen LogP contribution in [0.4, 0.5) is 10.5 Å². The Labute approximate surface area is 126 Å². The summed E-state index contributed by atoms with van der Waals surface area (Å²) in [4.78, 5) is 12.7. The van der Waals surface area contributed by atoms with Gasteiger partial charge in [-0.1, -0.05) is 34.8 Å². The molecule has 0 radical (unpaired) electrons. The van der Waals surface area contributed by atoms with Gasteiger partial charge in [0.25, 0.3) is 0 Å². The van der Waals surface area contributed by atoms with Gasteiger partial charge in [-0.15, -0.1) is 0 Å². The van der Waals surface area contributed by atoms with Gasteiger partial charge in [0.05, 0.1) is 20.8 Å². The molecule has 0 aromatic heterocycles. The first kappa shape index (κ1) is 14.6. The van der Waals surface area contributed by atoms with E-state index in [4.69, 9.17) is 40.5 Å². The summed E-state index contributed by atoms with van der Waals surface area (Å²) in [6.07, 6.45) is 1.64. The van der Waals surface area contributed by atoms with Crippen LogP contribution in [-0.4, -0.2) is 30.1 Å². The minimum absolute atomic E-state index is 0.241. The van der Waals surface area contributed by atoms with Crippen LogP contribution in [0.2, 0.25) is 15.1 Å². The Kier molecular flexibility index (Phi) is 4.66. The fraction of sp³-hybridized carbons (Fsp3) is 0.417. The molecule has 0 saturated carbocycles. The van der Waals surface area contributed by atoms with E-state index in [0.29, 0.717) is 28.2 Å². The second-order valence-electron chi connectivity index (χ2n) is 4.49. The Balaban J connectivity index is 1.99. The molecular formula is C12H14Cl3N3O. The van der Waals surface area contributed by atoms with Gasteiger partial charge in [0.15, 0.2) is 0 Å². The Morgan fingerprint density at radius 2 is 1.74 bits per heavy atom. The molecule has 1 fully saturated rings. The zero-order valence-electron chi connectivity index (χ0n) is 10.1. The number of nitrogens with zero attached hydrogens (tertiary/aromatic N) is 1. The van der Waals surface area contributed by atoms with Crippen molar-refractivity contribution in [3.8, 4) is 0 Å². The number of anilines is 1. The number of rotatable bonds is 2. The van der Waals surface area contributed by atoms with Gasteiger partial charge in [-0.3, -0.25) is 0 Å². The van der Waals surface area contributed by atoms with Crippen LogP contribution < -0.4 is 11.1 Å². The number of carbonyl (C=O) groups excluding carboxylic acids is 1. The summed E-state index contributed by atoms with van der Waals surface area (Å²) < 4.78 is 0. The predicted octanol–water partition coefficient (Wildman–Crippen LogP) is 3.60. The number of amides is 2. The van der Waals surface area contributed by atoms with Crippen molar-refractivity contribution >= 4 is 46.5 Å². The van der Waals surface area contributed by atoms with Gasteiger partial charge in [0, 0.05) is 19.1 Å². The lowest BCUT2D eigenvalue weighted by atomic mass is 10.0. The predicted molar refractivity (Wildman–Crippen MR) is 79.3 cm³/mol. The highest BCUT2D eigenvalue weighted by Gasteiger charge is 2.21. The number of nitrogens with one attached hydrogen (secondary N) is 1. The first-order valence-corrected chi connectivity index (χ1v) is 7.06. The van der Waals surface area contributed by atoms with Crippen LogP contribution in [0.3, 0.4) is 0 Å². The molecule has 1 aromatic carbocycles. The Morgan fingerprint density at radius 3 is 2.32 bits per heavy atom. The summed E-state index contributed by atoms with van der Waals surface area (Å²) in [5.41, 5.74) is 6.00. The molecule has 0 bridgehead atoms. The van der Waals surface area contributed by atoms with Crippen molar-refractivity contribution in [1.82, 2.24) is 4.90 Å². The summed E-state index contributed by atoms with van der Waals surface area (Å²) in [6, 6.07) is 3.20. The number of piperidine rings is 1. The van der Waals surface area contributed by atoms with Crippen molar-refractivity contribution in [3.05, 3.63) is 27.2 Å². The normalized spacial score (nSPS) is 16.5. The molecule has 7 heteroatoms. The van der Waals surface area contributed by atoms with E-state index in [1.165, 1.54) is 0 Å². The lowest BCUT2D eigenvalue weighted by Crippen LogP contribution is -2.44. The average molecular weight is 323 g/mol. The summed E-state index contributed by atoms with van der Waals surface area (Å²) in [7, 11) is 0. The van der Waals surface area contributed by atoms with Gasteiger partial charge in [0.2, 0.25) is 0 Å². The van der Waals surface area contributed by atoms with Gasteiger partial charge in [-0.2, -0.15) is 0 Å². The number of primary amides is 1. The van der Waals surface area contributed by atoms with Crippen molar-refractivity contribution in [2.75, 3.05) is 18.4 Å². The number of benzene rings is 1. The quantitative estimate of drug-likeness (QED) is 0.817. The lowest BCUT2D eigenvalue weighted by molar-refractivity contribution is 0.193. The van der Waals surface area contributed by atoms with Gasteiger partial charge in [0.1, 0.15) is 0 Å². The zero-order valence-corrected chi connectivity index (χ0v) is 12.4. The van der Waals surface area contributed by atoms with Crippen molar-refractivity contribution < 1.29 is 4.79 Å². The molecule has 2 rings (SSSR count). The van der Waals surface area contributed by atoms with Crippen LogP contribution in [0.15, 0.2) is 12.1 Å². The van der Waals surface area contributed by atoms with E-state index in [0.717, 1.165) is 18.5 Å². The Morgan fingerprint density at radius 1 is 1.16 bits per heavy atom. The first-order chi connectivity index (χ1) is 8.97. The molecule has 1 aliphatic rings. The van der Waals surface area contributed by atoms with Crippen LogP contribution >= 0.6 is 34.8 Å². The molecule has 2 amide bonds. The third-order valence-corrected chi connectivity index (χ3v) is 4.21. The van der Waals surface area contributed by atoms with Crippen molar-refractivity contribution in [2.45, 2.75) is 18.9 Å². The van der Waals surface area contributed by atoms with E-state index in [2.05, 4.69) is 5.32 Å². The maximum atomic E-state index is 11.0. The van der Waals surface area contributed by atoms with Crippen LogP contribution in [-0.2, 0) is 0 Å². The van der Waals surface area contributed by atoms with Crippen molar-refractivity contribution in [2.24, 2.45) is 5.73 Å². The van der Waals surface area contributed by atoms with E-state index < -0.39 is 0 Å². The molecule has 19 heavy (non-hydrogen) atoms. The highest BCUT2D eigenvalue weighted by atomic mass is 35.5. The number of halogens is 3. The molecule has 0 atom stereocenters. The molecule has 3 N–H and O–H groups in total. The Bertz CT molecular complexity index is 487. The van der Waals surface area contributed by atoms with Crippen molar-refractivity contribution in [3.63, 3.8) is 0 Å². The van der Waals surface area contributed by atoms with Crippen LogP contribution in [0.1, 0.15) is 12.8 Å². The molecular weight excluding hydrogens is 309 g/mol. The van der Waals surface area contributed by atoms with Crippen molar-refractivity contribution in [1.29, 1.82) is 0 Å². The summed E-state index contributed by atoms with van der Waals surface area (Å²) in [5, 5.41) is 4.75. The van der Waals surface area contributed by atoms with Gasteiger partial charge >= 0.3 is 6.03 Å². The third kappa shape index (κ3) is 3.59. The largest absolute Gasteiger partial charge is 0.381 e. The number of hydrogen-bond donors (Lipinski definition) is 2. The topological polar surface area (TPSA) is 58.4 Å². The number of urea groups is 1. The second kappa shape index (κ2) is 6.07. The number of nitrogens with two attached hydrogens (primary N) is 1. The van der Waals surface area contributed by atoms with E-state index >= 15 is 0 Å². The number of carbonyl (C=O) groups is 1. The van der Waals surface area contributed by atoms with E-state index in [1.54, 1.807) is 17.0 Å². The molecule has 0 unspecified atom stereocenters. The summed E-state index contributed by atoms with van der Waals surface area (Å²) >= 11 is 18.0. The number of likely N-dealkylation sites (tertiary alicyclic amines) is 1. The summed E-state index contributed by atoms with van der Waals surface area (Å²) in [5.74, 6) is 0. The fourth-order valence-corrected chi connectivity index (χ4v) is 2.70. The molecule has 1 aromatic rings. The maximum absolute atomic E-state index is 11.0. The Hall–Kier alpha value is -0.840. The molecule has 1 saturated heterocycles. The number of hydrogen-bond acceptors (Lipinski definition) is 2.